The van der Waals surface area contributed by atoms with Gasteiger partial charge in [0.1, 0.15) is 17.5 Å². The van der Waals surface area contributed by atoms with Crippen LogP contribution in [0.3, 0.4) is 0 Å². The van der Waals surface area contributed by atoms with E-state index >= 15 is 0 Å². The van der Waals surface area contributed by atoms with Gasteiger partial charge in [0.2, 0.25) is 5.91 Å². The van der Waals surface area contributed by atoms with Crippen LogP contribution in [0.1, 0.15) is 39.7 Å². The summed E-state index contributed by atoms with van der Waals surface area (Å²) in [5.41, 5.74) is 3.70. The zero-order chi connectivity index (χ0) is 19.2. The molecule has 7 heteroatoms. The van der Waals surface area contributed by atoms with Crippen LogP contribution >= 0.6 is 0 Å². The van der Waals surface area contributed by atoms with E-state index in [9.17, 15) is 9.59 Å². The molecular formula is C19H25N3O4. The lowest BCUT2D eigenvalue weighted by Crippen LogP contribution is -2.34. The number of fused-ring (bicyclic) bond motifs is 1. The second-order valence-electron chi connectivity index (χ2n) is 6.91. The lowest BCUT2D eigenvalue weighted by Gasteiger charge is -2.22. The minimum absolute atomic E-state index is 0.102. The van der Waals surface area contributed by atoms with Crippen molar-refractivity contribution in [1.82, 2.24) is 10.7 Å². The number of rotatable bonds is 5. The number of hydrazone groups is 1. The average Bonchev–Trinajstić information content (AvgIpc) is 2.53. The van der Waals surface area contributed by atoms with Crippen molar-refractivity contribution in [3.05, 3.63) is 35.4 Å². The van der Waals surface area contributed by atoms with Crippen molar-refractivity contribution in [2.24, 2.45) is 5.10 Å². The van der Waals surface area contributed by atoms with Gasteiger partial charge in [-0.05, 0) is 39.8 Å². The van der Waals surface area contributed by atoms with E-state index in [-0.39, 0.29) is 25.0 Å². The summed E-state index contributed by atoms with van der Waals surface area (Å²) in [6.45, 7) is 7.41. The minimum Gasteiger partial charge on any atom is -0.485 e. The van der Waals surface area contributed by atoms with Gasteiger partial charge in [-0.2, -0.15) is 5.10 Å². The maximum atomic E-state index is 11.8. The maximum absolute atomic E-state index is 11.8. The molecule has 1 atom stereocenters. The van der Waals surface area contributed by atoms with Gasteiger partial charge in [-0.25, -0.2) is 10.2 Å². The molecule has 26 heavy (non-hydrogen) atoms. The topological polar surface area (TPSA) is 89.0 Å². The van der Waals surface area contributed by atoms with Gasteiger partial charge in [0.15, 0.2) is 0 Å². The summed E-state index contributed by atoms with van der Waals surface area (Å²) < 4.78 is 10.9. The molecule has 0 saturated carbocycles. The van der Waals surface area contributed by atoms with Crippen molar-refractivity contribution < 1.29 is 19.1 Å². The number of nitrogens with one attached hydrogen (secondary N) is 2. The Labute approximate surface area is 153 Å². The Morgan fingerprint density at radius 3 is 2.77 bits per heavy atom. The number of ether oxygens (including phenoxy) is 2. The first-order valence-electron chi connectivity index (χ1n) is 8.50. The summed E-state index contributed by atoms with van der Waals surface area (Å²) in [7, 11) is 0. The third-order valence-corrected chi connectivity index (χ3v) is 3.44. The van der Waals surface area contributed by atoms with Crippen LogP contribution in [-0.2, 0) is 9.53 Å². The predicted octanol–water partition coefficient (Wildman–Crippen LogP) is 2.87. The van der Waals surface area contributed by atoms with E-state index < -0.39 is 11.7 Å². The zero-order valence-corrected chi connectivity index (χ0v) is 15.5. The predicted molar refractivity (Wildman–Crippen MR) is 100.0 cm³/mol. The smallest absolute Gasteiger partial charge is 0.407 e. The van der Waals surface area contributed by atoms with Gasteiger partial charge in [-0.1, -0.05) is 18.2 Å². The average molecular weight is 359 g/mol. The van der Waals surface area contributed by atoms with Gasteiger partial charge in [0, 0.05) is 24.1 Å². The molecule has 140 valence electrons. The Kier molecular flexibility index (Phi) is 6.38. The second kappa shape index (κ2) is 8.51. The molecule has 2 N–H and O–H groups in total. The maximum Gasteiger partial charge on any atom is 0.407 e. The normalized spacial score (nSPS) is 16.3. The highest BCUT2D eigenvalue weighted by Gasteiger charge is 2.17. The highest BCUT2D eigenvalue weighted by atomic mass is 16.6. The number of para-hydroxylation sites is 1. The fourth-order valence-electron chi connectivity index (χ4n) is 2.23. The van der Waals surface area contributed by atoms with Crippen molar-refractivity contribution in [3.8, 4) is 5.75 Å². The van der Waals surface area contributed by atoms with E-state index in [0.717, 1.165) is 16.9 Å². The van der Waals surface area contributed by atoms with Gasteiger partial charge in [-0.3, -0.25) is 4.79 Å². The summed E-state index contributed by atoms with van der Waals surface area (Å²) >= 11 is 0. The van der Waals surface area contributed by atoms with Crippen LogP contribution in [0.4, 0.5) is 4.79 Å². The van der Waals surface area contributed by atoms with Crippen LogP contribution in [0.15, 0.2) is 34.9 Å². The van der Waals surface area contributed by atoms with E-state index in [2.05, 4.69) is 15.8 Å². The molecule has 1 aliphatic heterocycles. The number of carbonyl (C=O) groups excluding carboxylic acids is 2. The Bertz CT molecular complexity index is 720. The van der Waals surface area contributed by atoms with Crippen molar-refractivity contribution in [2.75, 3.05) is 6.54 Å². The van der Waals surface area contributed by atoms with Gasteiger partial charge in [0.05, 0.1) is 6.21 Å². The molecule has 1 heterocycles. The number of hydrogen-bond acceptors (Lipinski definition) is 5. The summed E-state index contributed by atoms with van der Waals surface area (Å²) in [5, 5.41) is 6.48. The molecule has 0 fully saturated rings. The van der Waals surface area contributed by atoms with E-state index in [4.69, 9.17) is 9.47 Å². The van der Waals surface area contributed by atoms with Gasteiger partial charge in [-0.15, -0.1) is 0 Å². The molecule has 7 nitrogen and oxygen atoms in total. The summed E-state index contributed by atoms with van der Waals surface area (Å²) in [6.07, 6.45) is 2.94. The van der Waals surface area contributed by atoms with E-state index in [1.54, 1.807) is 27.0 Å². The number of carbonyl (C=O) groups is 2. The Hall–Kier alpha value is -2.83. The third-order valence-electron chi connectivity index (χ3n) is 3.44. The van der Waals surface area contributed by atoms with Crippen LogP contribution < -0.4 is 15.5 Å². The Morgan fingerprint density at radius 2 is 2.04 bits per heavy atom. The molecule has 0 aliphatic carbocycles. The van der Waals surface area contributed by atoms with E-state index in [1.165, 1.54) is 0 Å². The molecule has 0 unspecified atom stereocenters. The SMILES string of the molecule is C[C@@H]1Oc2ccccc2C=C1/C=N\NC(=O)CCNC(=O)OC(C)(C)C. The number of amides is 2. The summed E-state index contributed by atoms with van der Waals surface area (Å²) in [4.78, 5) is 23.2. The summed E-state index contributed by atoms with van der Waals surface area (Å²) in [6, 6.07) is 7.72. The van der Waals surface area contributed by atoms with Crippen LogP contribution in [0.2, 0.25) is 0 Å². The first-order valence-corrected chi connectivity index (χ1v) is 8.50. The third kappa shape index (κ3) is 6.23. The number of hydrogen-bond donors (Lipinski definition) is 2. The zero-order valence-electron chi connectivity index (χ0n) is 15.5. The fraction of sp³-hybridized carbons (Fsp3) is 0.421. The molecule has 1 aromatic carbocycles. The van der Waals surface area contributed by atoms with E-state index in [0.29, 0.717) is 0 Å². The molecule has 0 saturated heterocycles. The quantitative estimate of drug-likeness (QED) is 0.625. The number of benzene rings is 1. The highest BCUT2D eigenvalue weighted by molar-refractivity contribution is 5.89. The Morgan fingerprint density at radius 1 is 1.31 bits per heavy atom. The second-order valence-corrected chi connectivity index (χ2v) is 6.91. The first kappa shape index (κ1) is 19.5. The van der Waals surface area contributed by atoms with Crippen LogP contribution in [0.5, 0.6) is 5.75 Å². The molecule has 0 aromatic heterocycles. The van der Waals surface area contributed by atoms with Gasteiger partial charge < -0.3 is 14.8 Å². The van der Waals surface area contributed by atoms with E-state index in [1.807, 2.05) is 37.3 Å². The Balaban J connectivity index is 1.77. The first-order chi connectivity index (χ1) is 12.2. The molecular weight excluding hydrogens is 334 g/mol. The molecule has 1 aromatic rings. The van der Waals surface area contributed by atoms with Crippen molar-refractivity contribution in [1.29, 1.82) is 0 Å². The van der Waals surface area contributed by atoms with Gasteiger partial charge >= 0.3 is 6.09 Å². The number of alkyl carbamates (subject to hydrolysis) is 1. The van der Waals surface area contributed by atoms with Crippen molar-refractivity contribution in [2.45, 2.75) is 45.8 Å². The fourth-order valence-corrected chi connectivity index (χ4v) is 2.23. The van der Waals surface area contributed by atoms with Gasteiger partial charge in [0.25, 0.3) is 0 Å². The van der Waals surface area contributed by atoms with Crippen LogP contribution in [0.25, 0.3) is 6.08 Å². The molecule has 2 amide bonds. The standard InChI is InChI=1S/C19H25N3O4/c1-13-15(11-14-7-5-6-8-16(14)25-13)12-21-22-17(23)9-10-20-18(24)26-19(2,3)4/h5-8,11-13H,9-10H2,1-4H3,(H,20,24)(H,22,23)/b21-12-/t13-/m0/s1. The van der Waals surface area contributed by atoms with Crippen LogP contribution in [-0.4, -0.2) is 36.5 Å². The highest BCUT2D eigenvalue weighted by Crippen LogP contribution is 2.28. The molecule has 0 bridgehead atoms. The molecule has 0 spiro atoms. The lowest BCUT2D eigenvalue weighted by molar-refractivity contribution is -0.120. The van der Waals surface area contributed by atoms with Crippen molar-refractivity contribution in [3.63, 3.8) is 0 Å². The monoisotopic (exact) mass is 359 g/mol. The molecule has 0 radical (unpaired) electrons. The molecule has 2 rings (SSSR count). The summed E-state index contributed by atoms with van der Waals surface area (Å²) in [5.74, 6) is 0.525. The minimum atomic E-state index is -0.568. The number of nitrogens with zero attached hydrogens (tertiary/aromatic N) is 1. The lowest BCUT2D eigenvalue weighted by atomic mass is 10.0. The van der Waals surface area contributed by atoms with Crippen molar-refractivity contribution >= 4 is 24.3 Å². The largest absolute Gasteiger partial charge is 0.485 e. The molecule has 1 aliphatic rings. The van der Waals surface area contributed by atoms with Crippen LogP contribution in [0, 0.1) is 0 Å².